The number of benzene rings is 2. The Balaban J connectivity index is 1.85. The molecule has 0 amide bonds. The van der Waals surface area contributed by atoms with Crippen molar-refractivity contribution in [3.8, 4) is 11.4 Å². The summed E-state index contributed by atoms with van der Waals surface area (Å²) in [5.41, 5.74) is 4.46. The number of nitrogens with zero attached hydrogens (tertiary/aromatic N) is 1. The molecule has 3 aromatic rings. The lowest BCUT2D eigenvalue weighted by molar-refractivity contribution is 0.104. The van der Waals surface area contributed by atoms with Crippen molar-refractivity contribution in [1.29, 1.82) is 0 Å². The highest BCUT2D eigenvalue weighted by Crippen LogP contribution is 2.22. The molecule has 3 rings (SSSR count). The lowest BCUT2D eigenvalue weighted by Crippen LogP contribution is -1.99. The van der Waals surface area contributed by atoms with E-state index in [1.807, 2.05) is 30.6 Å². The van der Waals surface area contributed by atoms with Crippen LogP contribution in [0.1, 0.15) is 27.3 Å². The number of allylic oxidation sites excluding steroid dienone is 1. The van der Waals surface area contributed by atoms with Crippen LogP contribution >= 0.6 is 0 Å². The van der Waals surface area contributed by atoms with Crippen LogP contribution in [-0.4, -0.2) is 17.5 Å². The normalized spacial score (nSPS) is 11.1. The van der Waals surface area contributed by atoms with Gasteiger partial charge in [-0.2, -0.15) is 0 Å². The Kier molecular flexibility index (Phi) is 5.03. The van der Waals surface area contributed by atoms with Gasteiger partial charge in [0.25, 0.3) is 0 Å². The van der Waals surface area contributed by atoms with Crippen LogP contribution in [0, 0.1) is 19.7 Å². The summed E-state index contributed by atoms with van der Waals surface area (Å²) < 4.78 is 20.3. The Morgan fingerprint density at radius 2 is 1.69 bits per heavy atom. The number of methoxy groups -OCH3 is 1. The van der Waals surface area contributed by atoms with E-state index in [1.165, 1.54) is 12.1 Å². The van der Waals surface area contributed by atoms with E-state index < -0.39 is 0 Å². The third-order valence-corrected chi connectivity index (χ3v) is 4.34. The number of rotatable bonds is 5. The van der Waals surface area contributed by atoms with Gasteiger partial charge in [-0.25, -0.2) is 4.39 Å². The van der Waals surface area contributed by atoms with E-state index in [9.17, 15) is 9.18 Å². The van der Waals surface area contributed by atoms with Crippen molar-refractivity contribution in [2.75, 3.05) is 7.11 Å². The standard InChI is InChI=1S/C22H20FNO2/c1-15-14-18(16(2)24(15)20-9-7-19(23)8-10-20)6-13-22(25)17-4-11-21(26-3)12-5-17/h4-14H,1-3H3/b13-6+. The van der Waals surface area contributed by atoms with Crippen molar-refractivity contribution < 1.29 is 13.9 Å². The number of carbonyl (C=O) groups is 1. The fraction of sp³-hybridized carbons (Fsp3) is 0.136. The Bertz CT molecular complexity index is 951. The summed E-state index contributed by atoms with van der Waals surface area (Å²) in [4.78, 5) is 12.4. The van der Waals surface area contributed by atoms with Crippen molar-refractivity contribution in [3.63, 3.8) is 0 Å². The van der Waals surface area contributed by atoms with Gasteiger partial charge in [0.1, 0.15) is 11.6 Å². The van der Waals surface area contributed by atoms with Gasteiger partial charge in [0, 0.05) is 22.6 Å². The van der Waals surface area contributed by atoms with Crippen molar-refractivity contribution in [2.24, 2.45) is 0 Å². The lowest BCUT2D eigenvalue weighted by Gasteiger charge is -2.09. The van der Waals surface area contributed by atoms with Gasteiger partial charge in [-0.15, -0.1) is 0 Å². The highest BCUT2D eigenvalue weighted by molar-refractivity contribution is 6.06. The molecule has 0 aliphatic carbocycles. The van der Waals surface area contributed by atoms with Gasteiger partial charge in [0.2, 0.25) is 0 Å². The molecule has 0 bridgehead atoms. The Morgan fingerprint density at radius 3 is 2.31 bits per heavy atom. The fourth-order valence-electron chi connectivity index (χ4n) is 2.96. The average Bonchev–Trinajstić information content (AvgIpc) is 2.94. The van der Waals surface area contributed by atoms with Crippen LogP contribution < -0.4 is 4.74 Å². The summed E-state index contributed by atoms with van der Waals surface area (Å²) in [6.45, 7) is 3.97. The van der Waals surface area contributed by atoms with Crippen molar-refractivity contribution in [3.05, 3.63) is 89.0 Å². The van der Waals surface area contributed by atoms with Crippen molar-refractivity contribution in [2.45, 2.75) is 13.8 Å². The first-order valence-corrected chi connectivity index (χ1v) is 8.31. The Morgan fingerprint density at radius 1 is 1.04 bits per heavy atom. The molecule has 0 aliphatic heterocycles. The molecule has 0 saturated heterocycles. The number of aryl methyl sites for hydroxylation is 1. The van der Waals surface area contributed by atoms with Gasteiger partial charge >= 0.3 is 0 Å². The molecular formula is C22H20FNO2. The SMILES string of the molecule is COc1ccc(C(=O)/C=C/c2cc(C)n(-c3ccc(F)cc3)c2C)cc1. The Hall–Kier alpha value is -3.14. The minimum absolute atomic E-state index is 0.0701. The van der Waals surface area contributed by atoms with Gasteiger partial charge in [0.15, 0.2) is 5.78 Å². The molecule has 4 heteroatoms. The van der Waals surface area contributed by atoms with Crippen LogP contribution in [0.4, 0.5) is 4.39 Å². The second-order valence-corrected chi connectivity index (χ2v) is 6.06. The van der Waals surface area contributed by atoms with E-state index in [-0.39, 0.29) is 11.6 Å². The number of ketones is 1. The molecule has 0 fully saturated rings. The van der Waals surface area contributed by atoms with Gasteiger partial charge in [-0.05, 0) is 86.2 Å². The highest BCUT2D eigenvalue weighted by Gasteiger charge is 2.10. The molecule has 0 atom stereocenters. The van der Waals surface area contributed by atoms with Crippen LogP contribution in [0.15, 0.2) is 60.7 Å². The maximum absolute atomic E-state index is 13.2. The summed E-state index contributed by atoms with van der Waals surface area (Å²) in [6, 6.07) is 15.4. The van der Waals surface area contributed by atoms with Crippen LogP contribution in [0.2, 0.25) is 0 Å². The first-order valence-electron chi connectivity index (χ1n) is 8.31. The predicted molar refractivity (Wildman–Crippen MR) is 102 cm³/mol. The molecule has 2 aromatic carbocycles. The first kappa shape index (κ1) is 17.7. The van der Waals surface area contributed by atoms with E-state index in [0.717, 1.165) is 22.6 Å². The van der Waals surface area contributed by atoms with E-state index in [4.69, 9.17) is 4.74 Å². The molecule has 1 aromatic heterocycles. The van der Waals surface area contributed by atoms with Gasteiger partial charge in [0.05, 0.1) is 7.11 Å². The molecular weight excluding hydrogens is 329 g/mol. The molecule has 0 spiro atoms. The second kappa shape index (κ2) is 7.40. The predicted octanol–water partition coefficient (Wildman–Crippen LogP) is 5.14. The number of carbonyl (C=O) groups excluding carboxylic acids is 1. The van der Waals surface area contributed by atoms with E-state index in [2.05, 4.69) is 0 Å². The number of hydrogen-bond donors (Lipinski definition) is 0. The summed E-state index contributed by atoms with van der Waals surface area (Å²) in [7, 11) is 1.59. The summed E-state index contributed by atoms with van der Waals surface area (Å²) in [5, 5.41) is 0. The third-order valence-electron chi connectivity index (χ3n) is 4.34. The summed E-state index contributed by atoms with van der Waals surface area (Å²) in [5.74, 6) is 0.383. The first-order chi connectivity index (χ1) is 12.5. The largest absolute Gasteiger partial charge is 0.497 e. The minimum Gasteiger partial charge on any atom is -0.497 e. The molecule has 0 N–H and O–H groups in total. The number of aromatic nitrogens is 1. The second-order valence-electron chi connectivity index (χ2n) is 6.06. The van der Waals surface area contributed by atoms with Crippen LogP contribution in [-0.2, 0) is 0 Å². The number of hydrogen-bond acceptors (Lipinski definition) is 2. The number of halogens is 1. The molecule has 0 radical (unpaired) electrons. The van der Waals surface area contributed by atoms with Gasteiger partial charge in [-0.3, -0.25) is 4.79 Å². The maximum Gasteiger partial charge on any atom is 0.185 e. The molecule has 3 nitrogen and oxygen atoms in total. The smallest absolute Gasteiger partial charge is 0.185 e. The molecule has 0 aliphatic rings. The van der Waals surface area contributed by atoms with E-state index >= 15 is 0 Å². The molecule has 0 unspecified atom stereocenters. The number of ether oxygens (including phenoxy) is 1. The minimum atomic E-state index is -0.263. The maximum atomic E-state index is 13.2. The zero-order valence-corrected chi connectivity index (χ0v) is 15.0. The third kappa shape index (κ3) is 3.59. The summed E-state index contributed by atoms with van der Waals surface area (Å²) >= 11 is 0. The van der Waals surface area contributed by atoms with Crippen molar-refractivity contribution in [1.82, 2.24) is 4.57 Å². The molecule has 132 valence electrons. The quantitative estimate of drug-likeness (QED) is 0.472. The Labute approximate surface area is 152 Å². The lowest BCUT2D eigenvalue weighted by atomic mass is 10.1. The van der Waals surface area contributed by atoms with Crippen LogP contribution in [0.3, 0.4) is 0 Å². The van der Waals surface area contributed by atoms with Crippen molar-refractivity contribution >= 4 is 11.9 Å². The summed E-state index contributed by atoms with van der Waals surface area (Å²) in [6.07, 6.45) is 3.38. The van der Waals surface area contributed by atoms with Gasteiger partial charge in [-0.1, -0.05) is 0 Å². The monoisotopic (exact) mass is 349 g/mol. The van der Waals surface area contributed by atoms with Crippen LogP contribution in [0.25, 0.3) is 11.8 Å². The molecule has 0 saturated carbocycles. The van der Waals surface area contributed by atoms with Gasteiger partial charge < -0.3 is 9.30 Å². The average molecular weight is 349 g/mol. The van der Waals surface area contributed by atoms with E-state index in [1.54, 1.807) is 49.6 Å². The zero-order valence-electron chi connectivity index (χ0n) is 15.0. The molecule has 26 heavy (non-hydrogen) atoms. The molecule has 1 heterocycles. The van der Waals surface area contributed by atoms with E-state index in [0.29, 0.717) is 11.3 Å². The van der Waals surface area contributed by atoms with Crippen LogP contribution in [0.5, 0.6) is 5.75 Å². The zero-order chi connectivity index (χ0) is 18.7. The fourth-order valence-corrected chi connectivity index (χ4v) is 2.96. The highest BCUT2D eigenvalue weighted by atomic mass is 19.1. The topological polar surface area (TPSA) is 31.2 Å².